The second-order valence-electron chi connectivity index (χ2n) is 5.53. The van der Waals surface area contributed by atoms with Crippen LogP contribution in [0.4, 0.5) is 10.1 Å². The molecule has 1 fully saturated rings. The van der Waals surface area contributed by atoms with Crippen molar-refractivity contribution in [2.45, 2.75) is 25.9 Å². The number of aryl methyl sites for hydroxylation is 1. The van der Waals surface area contributed by atoms with Gasteiger partial charge in [0.05, 0.1) is 5.69 Å². The highest BCUT2D eigenvalue weighted by molar-refractivity contribution is 5.56. The molecule has 0 saturated carbocycles. The lowest BCUT2D eigenvalue weighted by atomic mass is 10.1. The third kappa shape index (κ3) is 3.39. The predicted molar refractivity (Wildman–Crippen MR) is 83.7 cm³/mol. The molecule has 118 valence electrons. The molecule has 5 nitrogen and oxygen atoms in total. The number of aromatic nitrogens is 2. The monoisotopic (exact) mass is 312 g/mol. The summed E-state index contributed by atoms with van der Waals surface area (Å²) >= 11 is 0. The number of rotatable bonds is 3. The van der Waals surface area contributed by atoms with Crippen molar-refractivity contribution in [1.82, 2.24) is 9.97 Å². The number of hydrogen-bond donors (Lipinski definition) is 0. The van der Waals surface area contributed by atoms with Gasteiger partial charge in [0.1, 0.15) is 12.2 Å². The molecule has 0 unspecified atom stereocenters. The SMILES string of the molecule is Cc1ccc(N2CCC(Oc3ncccc3F)CC2)c(C#N)n1. The number of halogens is 1. The van der Waals surface area contributed by atoms with Crippen LogP contribution in [0.5, 0.6) is 5.88 Å². The third-order valence-electron chi connectivity index (χ3n) is 3.90. The molecule has 0 radical (unpaired) electrons. The van der Waals surface area contributed by atoms with Crippen LogP contribution in [-0.4, -0.2) is 29.2 Å². The van der Waals surface area contributed by atoms with Gasteiger partial charge in [-0.2, -0.15) is 5.26 Å². The fourth-order valence-corrected chi connectivity index (χ4v) is 2.72. The van der Waals surface area contributed by atoms with Gasteiger partial charge < -0.3 is 9.64 Å². The maximum absolute atomic E-state index is 13.6. The zero-order valence-corrected chi connectivity index (χ0v) is 12.9. The molecule has 0 N–H and O–H groups in total. The van der Waals surface area contributed by atoms with Gasteiger partial charge in [-0.1, -0.05) is 0 Å². The molecule has 23 heavy (non-hydrogen) atoms. The van der Waals surface area contributed by atoms with Crippen molar-refractivity contribution in [1.29, 1.82) is 5.26 Å². The van der Waals surface area contributed by atoms with Crippen molar-refractivity contribution in [3.05, 3.63) is 47.7 Å². The Morgan fingerprint density at radius 1 is 1.30 bits per heavy atom. The van der Waals surface area contributed by atoms with E-state index in [1.165, 1.54) is 12.3 Å². The Hall–Kier alpha value is -2.68. The van der Waals surface area contributed by atoms with Crippen LogP contribution in [0, 0.1) is 24.1 Å². The Bertz CT molecular complexity index is 736. The molecular formula is C17H17FN4O. The highest BCUT2D eigenvalue weighted by atomic mass is 19.1. The lowest BCUT2D eigenvalue weighted by molar-refractivity contribution is 0.156. The minimum atomic E-state index is -0.440. The molecule has 1 aliphatic rings. The number of piperidine rings is 1. The van der Waals surface area contributed by atoms with Gasteiger partial charge >= 0.3 is 0 Å². The fraction of sp³-hybridized carbons (Fsp3) is 0.353. The van der Waals surface area contributed by atoms with Crippen molar-refractivity contribution < 1.29 is 9.13 Å². The minimum absolute atomic E-state index is 0.0562. The lowest BCUT2D eigenvalue weighted by Crippen LogP contribution is -2.39. The Balaban J connectivity index is 1.65. The first-order valence-electron chi connectivity index (χ1n) is 7.57. The van der Waals surface area contributed by atoms with Gasteiger partial charge in [0.25, 0.3) is 5.88 Å². The van der Waals surface area contributed by atoms with E-state index in [0.29, 0.717) is 5.69 Å². The first-order valence-corrected chi connectivity index (χ1v) is 7.57. The molecule has 2 aromatic heterocycles. The molecule has 2 aromatic rings. The van der Waals surface area contributed by atoms with Crippen LogP contribution in [-0.2, 0) is 0 Å². The van der Waals surface area contributed by atoms with Crippen LogP contribution in [0.1, 0.15) is 24.2 Å². The molecule has 0 spiro atoms. The van der Waals surface area contributed by atoms with E-state index in [1.54, 1.807) is 6.07 Å². The number of ether oxygens (including phenoxy) is 1. The van der Waals surface area contributed by atoms with Crippen LogP contribution in [0.25, 0.3) is 0 Å². The standard InChI is InChI=1S/C17H17FN4O/c1-12-4-5-16(15(11-19)21-12)22-9-6-13(7-10-22)23-17-14(18)3-2-8-20-17/h2-5,8,13H,6-7,9-10H2,1H3. The Morgan fingerprint density at radius 3 is 2.78 bits per heavy atom. The van der Waals surface area contributed by atoms with Gasteiger partial charge in [-0.15, -0.1) is 0 Å². The van der Waals surface area contributed by atoms with E-state index in [2.05, 4.69) is 20.9 Å². The summed E-state index contributed by atoms with van der Waals surface area (Å²) in [5, 5.41) is 9.24. The summed E-state index contributed by atoms with van der Waals surface area (Å²) in [6.07, 6.45) is 2.94. The van der Waals surface area contributed by atoms with E-state index in [1.807, 2.05) is 19.1 Å². The normalized spacial score (nSPS) is 15.3. The molecule has 1 aliphatic heterocycles. The molecule has 3 rings (SSSR count). The molecular weight excluding hydrogens is 295 g/mol. The molecule has 0 aliphatic carbocycles. The smallest absolute Gasteiger partial charge is 0.250 e. The van der Waals surface area contributed by atoms with Gasteiger partial charge in [0.15, 0.2) is 11.5 Å². The quantitative estimate of drug-likeness (QED) is 0.872. The summed E-state index contributed by atoms with van der Waals surface area (Å²) < 4.78 is 19.2. The lowest BCUT2D eigenvalue weighted by Gasteiger charge is -2.33. The van der Waals surface area contributed by atoms with Crippen LogP contribution in [0.2, 0.25) is 0 Å². The van der Waals surface area contributed by atoms with Gasteiger partial charge in [-0.25, -0.2) is 14.4 Å². The zero-order chi connectivity index (χ0) is 16.2. The van der Waals surface area contributed by atoms with Gasteiger partial charge in [0.2, 0.25) is 0 Å². The average Bonchev–Trinajstić information content (AvgIpc) is 2.58. The van der Waals surface area contributed by atoms with Crippen molar-refractivity contribution in [2.24, 2.45) is 0 Å². The van der Waals surface area contributed by atoms with E-state index < -0.39 is 5.82 Å². The number of anilines is 1. The number of nitrogens with zero attached hydrogens (tertiary/aromatic N) is 4. The van der Waals surface area contributed by atoms with Gasteiger partial charge in [0, 0.05) is 37.8 Å². The van der Waals surface area contributed by atoms with Crippen LogP contribution >= 0.6 is 0 Å². The van der Waals surface area contributed by atoms with Crippen LogP contribution < -0.4 is 9.64 Å². The van der Waals surface area contributed by atoms with Gasteiger partial charge in [-0.05, 0) is 31.2 Å². The molecule has 0 aromatic carbocycles. The molecule has 6 heteroatoms. The molecule has 1 saturated heterocycles. The Morgan fingerprint density at radius 2 is 2.09 bits per heavy atom. The molecule has 0 atom stereocenters. The highest BCUT2D eigenvalue weighted by Gasteiger charge is 2.23. The summed E-state index contributed by atoms with van der Waals surface area (Å²) in [6.45, 7) is 3.34. The molecule has 0 amide bonds. The van der Waals surface area contributed by atoms with Gasteiger partial charge in [-0.3, -0.25) is 0 Å². The average molecular weight is 312 g/mol. The van der Waals surface area contributed by atoms with E-state index in [4.69, 9.17) is 4.74 Å². The largest absolute Gasteiger partial charge is 0.472 e. The summed E-state index contributed by atoms with van der Waals surface area (Å²) in [5.41, 5.74) is 2.12. The number of pyridine rings is 2. The fourth-order valence-electron chi connectivity index (χ4n) is 2.72. The van der Waals surface area contributed by atoms with E-state index in [9.17, 15) is 9.65 Å². The van der Waals surface area contributed by atoms with Crippen molar-refractivity contribution in [3.8, 4) is 11.9 Å². The summed E-state index contributed by atoms with van der Waals surface area (Å²) in [6, 6.07) is 8.87. The Kier molecular flexibility index (Phi) is 4.38. The predicted octanol–water partition coefficient (Wildman–Crippen LogP) is 2.84. The molecule has 3 heterocycles. The number of hydrogen-bond acceptors (Lipinski definition) is 5. The molecule has 0 bridgehead atoms. The summed E-state index contributed by atoms with van der Waals surface area (Å²) in [4.78, 5) is 10.3. The second kappa shape index (κ2) is 6.61. The zero-order valence-electron chi connectivity index (χ0n) is 12.9. The van der Waals surface area contributed by atoms with Crippen LogP contribution in [0.3, 0.4) is 0 Å². The third-order valence-corrected chi connectivity index (χ3v) is 3.90. The second-order valence-corrected chi connectivity index (χ2v) is 5.53. The van der Waals surface area contributed by atoms with Crippen molar-refractivity contribution in [2.75, 3.05) is 18.0 Å². The maximum atomic E-state index is 13.6. The first-order chi connectivity index (χ1) is 11.2. The van der Waals surface area contributed by atoms with E-state index in [0.717, 1.165) is 37.3 Å². The number of nitriles is 1. The Labute approximate surface area is 134 Å². The van der Waals surface area contributed by atoms with E-state index in [-0.39, 0.29) is 12.0 Å². The van der Waals surface area contributed by atoms with Crippen molar-refractivity contribution in [3.63, 3.8) is 0 Å². The maximum Gasteiger partial charge on any atom is 0.250 e. The van der Waals surface area contributed by atoms with E-state index >= 15 is 0 Å². The minimum Gasteiger partial charge on any atom is -0.472 e. The van der Waals surface area contributed by atoms with Crippen molar-refractivity contribution >= 4 is 5.69 Å². The first kappa shape index (κ1) is 15.2. The van der Waals surface area contributed by atoms with Crippen LogP contribution in [0.15, 0.2) is 30.5 Å². The topological polar surface area (TPSA) is 62.0 Å². The summed E-state index contributed by atoms with van der Waals surface area (Å²) in [7, 11) is 0. The summed E-state index contributed by atoms with van der Waals surface area (Å²) in [5.74, 6) is -0.384. The highest BCUT2D eigenvalue weighted by Crippen LogP contribution is 2.25.